The first-order valence-corrected chi connectivity index (χ1v) is 5.13. The Morgan fingerprint density at radius 2 is 2.29 bits per heavy atom. The second-order valence-corrected chi connectivity index (χ2v) is 4.18. The van der Waals surface area contributed by atoms with E-state index in [-0.39, 0.29) is 30.6 Å². The lowest BCUT2D eigenvalue weighted by Gasteiger charge is -2.25. The van der Waals surface area contributed by atoms with Crippen LogP contribution in [0.25, 0.3) is 0 Å². The van der Waals surface area contributed by atoms with Crippen LogP contribution in [-0.4, -0.2) is 29.3 Å². The summed E-state index contributed by atoms with van der Waals surface area (Å²) in [6, 6.07) is -0.124. The zero-order valence-electron chi connectivity index (χ0n) is 8.77. The van der Waals surface area contributed by atoms with Crippen LogP contribution in [-0.2, 0) is 9.53 Å². The van der Waals surface area contributed by atoms with Crippen molar-refractivity contribution in [2.24, 2.45) is 11.7 Å². The third-order valence-electron chi connectivity index (χ3n) is 2.83. The normalized spacial score (nSPS) is 31.4. The molecular weight excluding hydrogens is 182 g/mol. The monoisotopic (exact) mass is 201 g/mol. The highest BCUT2D eigenvalue weighted by Crippen LogP contribution is 2.28. The molecule has 82 valence electrons. The summed E-state index contributed by atoms with van der Waals surface area (Å²) in [6.07, 6.45) is 2.32. The molecule has 0 aliphatic carbocycles. The summed E-state index contributed by atoms with van der Waals surface area (Å²) in [7, 11) is 0. The van der Waals surface area contributed by atoms with Gasteiger partial charge >= 0.3 is 5.97 Å². The zero-order chi connectivity index (χ0) is 10.7. The van der Waals surface area contributed by atoms with Crippen LogP contribution in [0.5, 0.6) is 0 Å². The third-order valence-corrected chi connectivity index (χ3v) is 2.83. The highest BCUT2D eigenvalue weighted by atomic mass is 16.5. The molecule has 0 radical (unpaired) electrons. The van der Waals surface area contributed by atoms with Gasteiger partial charge in [-0.05, 0) is 26.7 Å². The fourth-order valence-electron chi connectivity index (χ4n) is 2.01. The second kappa shape index (κ2) is 4.75. The van der Waals surface area contributed by atoms with Gasteiger partial charge in [0.15, 0.2) is 0 Å². The predicted octanol–water partition coefficient (Wildman–Crippen LogP) is 0.992. The first kappa shape index (κ1) is 11.5. The highest BCUT2D eigenvalue weighted by molar-refractivity contribution is 5.67. The van der Waals surface area contributed by atoms with Gasteiger partial charge in [0, 0.05) is 12.0 Å². The molecule has 14 heavy (non-hydrogen) atoms. The van der Waals surface area contributed by atoms with Crippen LogP contribution in [0.4, 0.5) is 0 Å². The number of aliphatic carboxylic acids is 1. The second-order valence-electron chi connectivity index (χ2n) is 4.18. The van der Waals surface area contributed by atoms with Crippen molar-refractivity contribution in [2.75, 3.05) is 0 Å². The van der Waals surface area contributed by atoms with E-state index in [2.05, 4.69) is 0 Å². The molecular formula is C10H19NO3. The molecule has 4 nitrogen and oxygen atoms in total. The van der Waals surface area contributed by atoms with Crippen LogP contribution in [0.1, 0.15) is 33.1 Å². The Hall–Kier alpha value is -0.610. The summed E-state index contributed by atoms with van der Waals surface area (Å²) in [5.41, 5.74) is 5.77. The number of nitrogens with two attached hydrogens (primary N) is 1. The Morgan fingerprint density at radius 3 is 2.64 bits per heavy atom. The summed E-state index contributed by atoms with van der Waals surface area (Å²) in [5.74, 6) is -0.854. The number of carboxylic acids is 1. The van der Waals surface area contributed by atoms with Gasteiger partial charge in [0.2, 0.25) is 0 Å². The molecule has 4 heteroatoms. The summed E-state index contributed by atoms with van der Waals surface area (Å²) < 4.78 is 5.64. The molecule has 0 aromatic heterocycles. The van der Waals surface area contributed by atoms with E-state index in [1.807, 2.05) is 13.8 Å². The molecule has 4 atom stereocenters. The molecule has 0 amide bonds. The molecule has 3 N–H and O–H groups in total. The van der Waals surface area contributed by atoms with Crippen molar-refractivity contribution in [1.29, 1.82) is 0 Å². The first-order chi connectivity index (χ1) is 6.50. The average molecular weight is 201 g/mol. The molecule has 0 spiro atoms. The Balaban J connectivity index is 2.54. The fraction of sp³-hybridized carbons (Fsp3) is 0.900. The minimum absolute atomic E-state index is 0.0288. The van der Waals surface area contributed by atoms with Crippen LogP contribution in [0.3, 0.4) is 0 Å². The minimum Gasteiger partial charge on any atom is -0.481 e. The maximum absolute atomic E-state index is 10.6. The van der Waals surface area contributed by atoms with Gasteiger partial charge in [0.25, 0.3) is 0 Å². The van der Waals surface area contributed by atoms with E-state index in [0.717, 1.165) is 12.8 Å². The number of hydrogen-bond acceptors (Lipinski definition) is 3. The minimum atomic E-state index is -0.796. The van der Waals surface area contributed by atoms with E-state index in [1.165, 1.54) is 0 Å². The van der Waals surface area contributed by atoms with Crippen LogP contribution in [0.2, 0.25) is 0 Å². The van der Waals surface area contributed by atoms with Crippen molar-refractivity contribution in [3.05, 3.63) is 0 Å². The number of rotatable bonds is 4. The molecule has 1 saturated heterocycles. The Labute approximate surface area is 84.4 Å². The van der Waals surface area contributed by atoms with Crippen LogP contribution in [0.15, 0.2) is 0 Å². The SMILES string of the molecule is CC1CCC(C(CC(=O)O)C(C)N)O1. The highest BCUT2D eigenvalue weighted by Gasteiger charge is 2.33. The molecule has 4 unspecified atom stereocenters. The fourth-order valence-corrected chi connectivity index (χ4v) is 2.01. The van der Waals surface area contributed by atoms with E-state index in [1.54, 1.807) is 0 Å². The van der Waals surface area contributed by atoms with Gasteiger partial charge in [-0.25, -0.2) is 0 Å². The standard InChI is InChI=1S/C10H19NO3/c1-6-3-4-9(14-6)8(7(2)11)5-10(12)13/h6-9H,3-5,11H2,1-2H3,(H,12,13). The molecule has 1 heterocycles. The molecule has 0 bridgehead atoms. The zero-order valence-corrected chi connectivity index (χ0v) is 8.77. The Bertz CT molecular complexity index is 206. The lowest BCUT2D eigenvalue weighted by Crippen LogP contribution is -2.37. The van der Waals surface area contributed by atoms with Gasteiger partial charge in [-0.3, -0.25) is 4.79 Å². The Kier molecular flexibility index (Phi) is 3.89. The van der Waals surface area contributed by atoms with Crippen molar-refractivity contribution >= 4 is 5.97 Å². The number of hydrogen-bond donors (Lipinski definition) is 2. The van der Waals surface area contributed by atoms with E-state index in [0.29, 0.717) is 0 Å². The maximum Gasteiger partial charge on any atom is 0.303 e. The van der Waals surface area contributed by atoms with Crippen LogP contribution in [0, 0.1) is 5.92 Å². The molecule has 1 aliphatic heterocycles. The smallest absolute Gasteiger partial charge is 0.303 e. The molecule has 0 saturated carbocycles. The van der Waals surface area contributed by atoms with Gasteiger partial charge in [-0.1, -0.05) is 0 Å². The van der Waals surface area contributed by atoms with Gasteiger partial charge in [-0.15, -0.1) is 0 Å². The quantitative estimate of drug-likeness (QED) is 0.711. The van der Waals surface area contributed by atoms with Crippen LogP contribution < -0.4 is 5.73 Å². The van der Waals surface area contributed by atoms with Crippen molar-refractivity contribution < 1.29 is 14.6 Å². The number of ether oxygens (including phenoxy) is 1. The van der Waals surface area contributed by atoms with Crippen LogP contribution >= 0.6 is 0 Å². The van der Waals surface area contributed by atoms with Crippen molar-refractivity contribution in [1.82, 2.24) is 0 Å². The van der Waals surface area contributed by atoms with Crippen molar-refractivity contribution in [3.63, 3.8) is 0 Å². The molecule has 1 rings (SSSR count). The van der Waals surface area contributed by atoms with E-state index < -0.39 is 5.97 Å². The Morgan fingerprint density at radius 1 is 1.64 bits per heavy atom. The van der Waals surface area contributed by atoms with Crippen molar-refractivity contribution in [3.8, 4) is 0 Å². The van der Waals surface area contributed by atoms with Gasteiger partial charge in [0.05, 0.1) is 18.6 Å². The van der Waals surface area contributed by atoms with E-state index >= 15 is 0 Å². The predicted molar refractivity (Wildman–Crippen MR) is 53.0 cm³/mol. The topological polar surface area (TPSA) is 72.5 Å². The van der Waals surface area contributed by atoms with Gasteiger partial charge in [-0.2, -0.15) is 0 Å². The molecule has 1 fully saturated rings. The largest absolute Gasteiger partial charge is 0.481 e. The summed E-state index contributed by atoms with van der Waals surface area (Å²) in [4.78, 5) is 10.6. The molecule has 0 aromatic carbocycles. The average Bonchev–Trinajstić information content (AvgIpc) is 2.46. The maximum atomic E-state index is 10.6. The number of carbonyl (C=O) groups is 1. The lowest BCUT2D eigenvalue weighted by atomic mass is 9.90. The van der Waals surface area contributed by atoms with Crippen molar-refractivity contribution in [2.45, 2.75) is 51.4 Å². The van der Waals surface area contributed by atoms with E-state index in [9.17, 15) is 4.79 Å². The van der Waals surface area contributed by atoms with Gasteiger partial charge < -0.3 is 15.6 Å². The number of carboxylic acid groups (broad SMARTS) is 1. The summed E-state index contributed by atoms with van der Waals surface area (Å²) >= 11 is 0. The molecule has 1 aliphatic rings. The van der Waals surface area contributed by atoms with Gasteiger partial charge in [0.1, 0.15) is 0 Å². The lowest BCUT2D eigenvalue weighted by molar-refractivity contribution is -0.139. The van der Waals surface area contributed by atoms with E-state index in [4.69, 9.17) is 15.6 Å². The summed E-state index contributed by atoms with van der Waals surface area (Å²) in [5, 5.41) is 8.75. The molecule has 0 aromatic rings. The first-order valence-electron chi connectivity index (χ1n) is 5.13. The summed E-state index contributed by atoms with van der Waals surface area (Å²) in [6.45, 7) is 3.86. The third kappa shape index (κ3) is 2.96.